The summed E-state index contributed by atoms with van der Waals surface area (Å²) in [6, 6.07) is 10.7. The monoisotopic (exact) mass is 468 g/mol. The number of nitrogens with zero attached hydrogens (tertiary/aromatic N) is 4. The molecule has 172 valence electrons. The molecular weight excluding hydrogens is 443 g/mol. The quantitative estimate of drug-likeness (QED) is 0.476. The van der Waals surface area contributed by atoms with Gasteiger partial charge in [0.05, 0.1) is 36.3 Å². The fraction of sp³-hybridized carbons (Fsp3) is 0.261. The first kappa shape index (κ1) is 22.8. The second-order valence-electron chi connectivity index (χ2n) is 7.90. The highest BCUT2D eigenvalue weighted by molar-refractivity contribution is 7.59. The molecule has 4 aromatic rings. The number of hydrogen-bond acceptors (Lipinski definition) is 6. The minimum absolute atomic E-state index is 0. The van der Waals surface area contributed by atoms with E-state index in [2.05, 4.69) is 32.3 Å². The first-order chi connectivity index (χ1) is 15.5. The number of ether oxygens (including phenoxy) is 1. The second kappa shape index (κ2) is 9.24. The molecule has 0 saturated carbocycles. The van der Waals surface area contributed by atoms with Gasteiger partial charge in [-0.15, -0.1) is 0 Å². The molecule has 0 amide bonds. The molecule has 3 aromatic heterocycles. The number of halogens is 1. The van der Waals surface area contributed by atoms with Crippen molar-refractivity contribution in [2.75, 3.05) is 30.0 Å². The standard InChI is InChI=1S/C23H23FN6O2.H2S/c1-14-13-32-10-9-30(14)15-3-6-21(25-12-15)27-19-11-17-20(29(2)23(19)31)5-4-16(22(17)24)18-7-8-26-28-18;/h3-8,11-12,14H,9-10,13H2,1-2H3,(H,25,27)(H,26,28);1H2/t14-;/m0./s1. The number of aromatic amines is 1. The van der Waals surface area contributed by atoms with Crippen LogP contribution in [0.2, 0.25) is 0 Å². The SMILES string of the molecule is C[C@H]1COCCN1c1ccc(Nc2cc3c(F)c(-c4ccn[nH]4)ccc3n(C)c2=O)nc1.S. The zero-order valence-corrected chi connectivity index (χ0v) is 19.3. The minimum Gasteiger partial charge on any atom is -0.377 e. The van der Waals surface area contributed by atoms with Crippen LogP contribution in [0.25, 0.3) is 22.2 Å². The molecule has 1 fully saturated rings. The van der Waals surface area contributed by atoms with Crippen molar-refractivity contribution in [1.82, 2.24) is 19.7 Å². The summed E-state index contributed by atoms with van der Waals surface area (Å²) >= 11 is 0. The maximum atomic E-state index is 15.3. The van der Waals surface area contributed by atoms with Gasteiger partial charge in [0.25, 0.3) is 5.56 Å². The topological polar surface area (TPSA) is 88.1 Å². The van der Waals surface area contributed by atoms with Gasteiger partial charge >= 0.3 is 0 Å². The molecule has 10 heteroatoms. The average Bonchev–Trinajstić information content (AvgIpc) is 3.34. The van der Waals surface area contributed by atoms with Crippen molar-refractivity contribution in [2.24, 2.45) is 7.05 Å². The molecule has 0 radical (unpaired) electrons. The number of aromatic nitrogens is 4. The summed E-state index contributed by atoms with van der Waals surface area (Å²) in [5.41, 5.74) is 2.45. The third-order valence-electron chi connectivity index (χ3n) is 5.84. The molecule has 1 atom stereocenters. The predicted octanol–water partition coefficient (Wildman–Crippen LogP) is 3.54. The van der Waals surface area contributed by atoms with Crippen LogP contribution in [0.5, 0.6) is 0 Å². The van der Waals surface area contributed by atoms with E-state index >= 15 is 4.39 Å². The first-order valence-corrected chi connectivity index (χ1v) is 10.4. The van der Waals surface area contributed by atoms with Crippen LogP contribution >= 0.6 is 13.5 Å². The molecule has 1 aliphatic heterocycles. The van der Waals surface area contributed by atoms with Crippen molar-refractivity contribution in [3.8, 4) is 11.3 Å². The summed E-state index contributed by atoms with van der Waals surface area (Å²) in [5.74, 6) is 0.0891. The summed E-state index contributed by atoms with van der Waals surface area (Å²) in [4.78, 5) is 19.6. The Hall–Kier alpha value is -3.37. The number of morpholine rings is 1. The van der Waals surface area contributed by atoms with Crippen LogP contribution in [0.4, 0.5) is 21.6 Å². The maximum Gasteiger partial charge on any atom is 0.274 e. The second-order valence-corrected chi connectivity index (χ2v) is 7.90. The Morgan fingerprint density at radius 3 is 2.79 bits per heavy atom. The van der Waals surface area contributed by atoms with Crippen molar-refractivity contribution in [3.05, 3.63) is 65.0 Å². The van der Waals surface area contributed by atoms with Gasteiger partial charge in [-0.2, -0.15) is 18.6 Å². The number of pyridine rings is 2. The van der Waals surface area contributed by atoms with Gasteiger partial charge in [0, 0.05) is 36.8 Å². The van der Waals surface area contributed by atoms with Gasteiger partial charge in [-0.05, 0) is 43.3 Å². The number of H-pyrrole nitrogens is 1. The Balaban J connectivity index is 0.00000259. The third kappa shape index (κ3) is 4.19. The highest BCUT2D eigenvalue weighted by atomic mass is 32.1. The van der Waals surface area contributed by atoms with Gasteiger partial charge in [0.1, 0.15) is 17.3 Å². The zero-order chi connectivity index (χ0) is 22.2. The molecule has 1 saturated heterocycles. The van der Waals surface area contributed by atoms with Crippen LogP contribution in [0.15, 0.2) is 53.6 Å². The highest BCUT2D eigenvalue weighted by Crippen LogP contribution is 2.29. The first-order valence-electron chi connectivity index (χ1n) is 10.4. The van der Waals surface area contributed by atoms with Crippen LogP contribution in [0.1, 0.15) is 6.92 Å². The summed E-state index contributed by atoms with van der Waals surface area (Å²) in [7, 11) is 1.63. The van der Waals surface area contributed by atoms with Crippen LogP contribution in [0, 0.1) is 5.82 Å². The molecule has 8 nitrogen and oxygen atoms in total. The molecule has 2 N–H and O–H groups in total. The summed E-state index contributed by atoms with van der Waals surface area (Å²) < 4.78 is 22.3. The Kier molecular flexibility index (Phi) is 6.39. The van der Waals surface area contributed by atoms with Crippen LogP contribution in [-0.2, 0) is 11.8 Å². The number of hydrogen-bond donors (Lipinski definition) is 2. The molecule has 33 heavy (non-hydrogen) atoms. The van der Waals surface area contributed by atoms with E-state index in [0.717, 1.165) is 12.2 Å². The van der Waals surface area contributed by atoms with Gasteiger partial charge < -0.3 is 19.5 Å². The van der Waals surface area contributed by atoms with Crippen LogP contribution < -0.4 is 15.8 Å². The van der Waals surface area contributed by atoms with E-state index in [-0.39, 0.29) is 30.8 Å². The lowest BCUT2D eigenvalue weighted by atomic mass is 10.1. The number of rotatable bonds is 4. The largest absolute Gasteiger partial charge is 0.377 e. The van der Waals surface area contributed by atoms with E-state index in [1.54, 1.807) is 37.6 Å². The molecule has 1 aromatic carbocycles. The van der Waals surface area contributed by atoms with Gasteiger partial charge in [-0.25, -0.2) is 9.37 Å². The van der Waals surface area contributed by atoms with Crippen molar-refractivity contribution in [1.29, 1.82) is 0 Å². The number of nitrogens with one attached hydrogen (secondary N) is 2. The number of benzene rings is 1. The highest BCUT2D eigenvalue weighted by Gasteiger charge is 2.20. The lowest BCUT2D eigenvalue weighted by Gasteiger charge is -2.35. The Morgan fingerprint density at radius 2 is 2.09 bits per heavy atom. The summed E-state index contributed by atoms with van der Waals surface area (Å²) in [6.07, 6.45) is 3.34. The van der Waals surface area contributed by atoms with Crippen LogP contribution in [0.3, 0.4) is 0 Å². The van der Waals surface area contributed by atoms with Crippen molar-refractivity contribution in [2.45, 2.75) is 13.0 Å². The Morgan fingerprint density at radius 1 is 1.24 bits per heavy atom. The fourth-order valence-corrected chi connectivity index (χ4v) is 4.09. The number of fused-ring (bicyclic) bond motifs is 1. The van der Waals surface area contributed by atoms with E-state index < -0.39 is 5.82 Å². The summed E-state index contributed by atoms with van der Waals surface area (Å²) in [5, 5.41) is 10.1. The minimum atomic E-state index is -0.421. The lowest BCUT2D eigenvalue weighted by Crippen LogP contribution is -2.43. The molecule has 0 aliphatic carbocycles. The zero-order valence-electron chi connectivity index (χ0n) is 18.3. The van der Waals surface area contributed by atoms with Crippen molar-refractivity contribution >= 4 is 41.6 Å². The Labute approximate surface area is 196 Å². The maximum absolute atomic E-state index is 15.3. The van der Waals surface area contributed by atoms with Gasteiger partial charge in [-0.3, -0.25) is 9.89 Å². The lowest BCUT2D eigenvalue weighted by molar-refractivity contribution is 0.0989. The average molecular weight is 469 g/mol. The fourth-order valence-electron chi connectivity index (χ4n) is 4.09. The molecule has 1 aliphatic rings. The molecule has 0 unspecified atom stereocenters. The third-order valence-corrected chi connectivity index (χ3v) is 5.84. The smallest absolute Gasteiger partial charge is 0.274 e. The molecule has 0 bridgehead atoms. The normalized spacial score (nSPS) is 16.0. The van der Waals surface area contributed by atoms with Crippen LogP contribution in [-0.4, -0.2) is 45.5 Å². The van der Waals surface area contributed by atoms with E-state index in [1.165, 1.54) is 10.6 Å². The van der Waals surface area contributed by atoms with Crippen molar-refractivity contribution < 1.29 is 9.13 Å². The van der Waals surface area contributed by atoms with Crippen molar-refractivity contribution in [3.63, 3.8) is 0 Å². The van der Waals surface area contributed by atoms with E-state index in [4.69, 9.17) is 4.74 Å². The Bertz CT molecular complexity index is 1320. The molecule has 5 rings (SSSR count). The molecule has 0 spiro atoms. The molecule has 4 heterocycles. The van der Waals surface area contributed by atoms with E-state index in [0.29, 0.717) is 41.2 Å². The van der Waals surface area contributed by atoms with E-state index in [1.807, 2.05) is 12.1 Å². The number of aryl methyl sites for hydroxylation is 1. The molecular formula is C23H25FN6O2S. The van der Waals surface area contributed by atoms with Gasteiger partial charge in [0.2, 0.25) is 0 Å². The van der Waals surface area contributed by atoms with Gasteiger partial charge in [-0.1, -0.05) is 0 Å². The van der Waals surface area contributed by atoms with E-state index in [9.17, 15) is 4.79 Å². The summed E-state index contributed by atoms with van der Waals surface area (Å²) in [6.45, 7) is 4.28. The predicted molar refractivity (Wildman–Crippen MR) is 132 cm³/mol. The number of anilines is 3. The van der Waals surface area contributed by atoms with Gasteiger partial charge in [0.15, 0.2) is 0 Å².